The van der Waals surface area contributed by atoms with E-state index in [1.807, 2.05) is 6.07 Å². The van der Waals surface area contributed by atoms with Crippen molar-refractivity contribution in [2.24, 2.45) is 10.6 Å². The number of nitrogens with two attached hydrogens (primary N) is 1. The summed E-state index contributed by atoms with van der Waals surface area (Å²) in [6.07, 6.45) is 4.14. The van der Waals surface area contributed by atoms with E-state index in [-0.39, 0.29) is 16.4 Å². The fourth-order valence-electron chi connectivity index (χ4n) is 3.40. The second-order valence-electron chi connectivity index (χ2n) is 6.84. The second-order valence-corrected chi connectivity index (χ2v) is 8.41. The zero-order valence-corrected chi connectivity index (χ0v) is 13.8. The summed E-state index contributed by atoms with van der Waals surface area (Å²) < 4.78 is 28.5. The van der Waals surface area contributed by atoms with Crippen LogP contribution < -0.4 is 10.5 Å². The Morgan fingerprint density at radius 2 is 2.27 bits per heavy atom. The Bertz CT molecular complexity index is 651. The molecule has 2 atom stereocenters. The fraction of sp³-hybridized carbons (Fsp3) is 0.625. The van der Waals surface area contributed by atoms with Gasteiger partial charge in [0.05, 0.1) is 11.5 Å². The van der Waals surface area contributed by atoms with Crippen molar-refractivity contribution in [2.75, 3.05) is 19.8 Å². The lowest BCUT2D eigenvalue weighted by atomic mass is 9.85. The third-order valence-corrected chi connectivity index (χ3v) is 5.74. The third-order valence-electron chi connectivity index (χ3n) is 4.83. The first kappa shape index (κ1) is 15.9. The lowest BCUT2D eigenvalue weighted by Gasteiger charge is -2.31. The normalized spacial score (nSPS) is 28.5. The van der Waals surface area contributed by atoms with Crippen LogP contribution in [-0.4, -0.2) is 28.2 Å². The van der Waals surface area contributed by atoms with E-state index in [9.17, 15) is 8.42 Å². The number of aryl methyl sites for hydroxylation is 1. The van der Waals surface area contributed by atoms with E-state index >= 15 is 0 Å². The van der Waals surface area contributed by atoms with Gasteiger partial charge in [0.25, 0.3) is 0 Å². The average molecular weight is 324 g/mol. The van der Waals surface area contributed by atoms with Crippen LogP contribution in [-0.2, 0) is 21.2 Å². The highest BCUT2D eigenvalue weighted by atomic mass is 32.2. The summed E-state index contributed by atoms with van der Waals surface area (Å²) in [5.41, 5.74) is 2.52. The predicted molar refractivity (Wildman–Crippen MR) is 85.0 cm³/mol. The number of hydrogen-bond donors (Lipinski definition) is 2. The maximum atomic E-state index is 11.5. The second kappa shape index (κ2) is 5.92. The van der Waals surface area contributed by atoms with Crippen molar-refractivity contribution < 1.29 is 13.2 Å². The molecule has 2 aliphatic rings. The summed E-state index contributed by atoms with van der Waals surface area (Å²) >= 11 is 0. The Morgan fingerprint density at radius 3 is 2.95 bits per heavy atom. The molecule has 3 N–H and O–H groups in total. The minimum absolute atomic E-state index is 0.206. The van der Waals surface area contributed by atoms with Crippen molar-refractivity contribution in [1.29, 1.82) is 0 Å². The van der Waals surface area contributed by atoms with Gasteiger partial charge >= 0.3 is 0 Å². The number of fused-ring (bicyclic) bond motifs is 1. The standard InChI is InChI=1S/C16H24N2O3S/c1-16(7-8-21-11-16)10-18-15-4-2-3-12-9-13(22(17,19)20)5-6-14(12)15/h5-6,9,15,18H,2-4,7-8,10-11H2,1H3,(H2,17,19,20). The van der Waals surface area contributed by atoms with E-state index in [4.69, 9.17) is 9.88 Å². The monoisotopic (exact) mass is 324 g/mol. The molecular formula is C16H24N2O3S. The zero-order chi connectivity index (χ0) is 15.8. The molecule has 0 bridgehead atoms. The molecule has 1 aromatic rings. The SMILES string of the molecule is CC1(CNC2CCCc3cc(S(N)(=O)=O)ccc32)CCOC1. The molecule has 22 heavy (non-hydrogen) atoms. The lowest BCUT2D eigenvalue weighted by Crippen LogP contribution is -2.36. The van der Waals surface area contributed by atoms with E-state index in [0.717, 1.165) is 51.0 Å². The molecule has 1 heterocycles. The summed E-state index contributed by atoms with van der Waals surface area (Å²) in [6.45, 7) is 4.83. The van der Waals surface area contributed by atoms with E-state index in [1.165, 1.54) is 5.56 Å². The molecule has 3 rings (SSSR count). The maximum absolute atomic E-state index is 11.5. The molecule has 0 radical (unpaired) electrons. The van der Waals surface area contributed by atoms with Crippen molar-refractivity contribution in [3.8, 4) is 0 Å². The first-order valence-corrected chi connectivity index (χ1v) is 9.39. The van der Waals surface area contributed by atoms with Crippen LogP contribution in [0.15, 0.2) is 23.1 Å². The third kappa shape index (κ3) is 3.35. The molecule has 0 amide bonds. The Labute approximate surface area is 132 Å². The topological polar surface area (TPSA) is 81.4 Å². The first-order valence-electron chi connectivity index (χ1n) is 7.84. The molecular weight excluding hydrogens is 300 g/mol. The molecule has 1 aromatic carbocycles. The molecule has 0 aromatic heterocycles. The van der Waals surface area contributed by atoms with E-state index in [1.54, 1.807) is 12.1 Å². The fourth-order valence-corrected chi connectivity index (χ4v) is 3.96. The molecule has 2 unspecified atom stereocenters. The number of sulfonamides is 1. The number of hydrogen-bond acceptors (Lipinski definition) is 4. The summed E-state index contributed by atoms with van der Waals surface area (Å²) in [4.78, 5) is 0.211. The van der Waals surface area contributed by atoms with Gasteiger partial charge in [-0.05, 0) is 48.9 Å². The Balaban J connectivity index is 1.76. The Morgan fingerprint density at radius 1 is 1.45 bits per heavy atom. The molecule has 1 aliphatic heterocycles. The molecule has 1 fully saturated rings. The number of primary sulfonamides is 1. The lowest BCUT2D eigenvalue weighted by molar-refractivity contribution is 0.155. The summed E-state index contributed by atoms with van der Waals surface area (Å²) in [7, 11) is -3.63. The maximum Gasteiger partial charge on any atom is 0.238 e. The van der Waals surface area contributed by atoms with Crippen LogP contribution >= 0.6 is 0 Å². The molecule has 0 spiro atoms. The Hall–Kier alpha value is -0.950. The van der Waals surface area contributed by atoms with Crippen molar-refractivity contribution >= 4 is 10.0 Å². The molecule has 1 saturated heterocycles. The number of rotatable bonds is 4. The highest BCUT2D eigenvalue weighted by Gasteiger charge is 2.31. The van der Waals surface area contributed by atoms with Crippen molar-refractivity contribution in [3.05, 3.63) is 29.3 Å². The van der Waals surface area contributed by atoms with Gasteiger partial charge in [-0.15, -0.1) is 0 Å². The summed E-state index contributed by atoms with van der Waals surface area (Å²) in [6, 6.07) is 5.56. The van der Waals surface area contributed by atoms with Crippen LogP contribution in [0.5, 0.6) is 0 Å². The molecule has 6 heteroatoms. The van der Waals surface area contributed by atoms with Crippen LogP contribution in [0.2, 0.25) is 0 Å². The van der Waals surface area contributed by atoms with Crippen LogP contribution in [0.4, 0.5) is 0 Å². The van der Waals surface area contributed by atoms with E-state index in [0.29, 0.717) is 0 Å². The highest BCUT2D eigenvalue weighted by molar-refractivity contribution is 7.89. The molecule has 1 aliphatic carbocycles. The largest absolute Gasteiger partial charge is 0.381 e. The molecule has 0 saturated carbocycles. The minimum Gasteiger partial charge on any atom is -0.381 e. The quantitative estimate of drug-likeness (QED) is 0.884. The van der Waals surface area contributed by atoms with Gasteiger partial charge in [-0.1, -0.05) is 13.0 Å². The van der Waals surface area contributed by atoms with Crippen LogP contribution in [0.3, 0.4) is 0 Å². The zero-order valence-electron chi connectivity index (χ0n) is 13.0. The summed E-state index contributed by atoms with van der Waals surface area (Å²) in [5.74, 6) is 0. The van der Waals surface area contributed by atoms with Gasteiger partial charge in [-0.3, -0.25) is 0 Å². The highest BCUT2D eigenvalue weighted by Crippen LogP contribution is 2.33. The van der Waals surface area contributed by atoms with Crippen molar-refractivity contribution in [2.45, 2.75) is 43.5 Å². The predicted octanol–water partition coefficient (Wildman–Crippen LogP) is 1.73. The van der Waals surface area contributed by atoms with Crippen molar-refractivity contribution in [1.82, 2.24) is 5.32 Å². The average Bonchev–Trinajstić information content (AvgIpc) is 2.91. The van der Waals surface area contributed by atoms with Gasteiger partial charge in [-0.25, -0.2) is 13.6 Å². The number of ether oxygens (including phenoxy) is 1. The number of nitrogens with one attached hydrogen (secondary N) is 1. The van der Waals surface area contributed by atoms with Gasteiger partial charge in [-0.2, -0.15) is 0 Å². The molecule has 5 nitrogen and oxygen atoms in total. The van der Waals surface area contributed by atoms with Crippen LogP contribution in [0.25, 0.3) is 0 Å². The van der Waals surface area contributed by atoms with Crippen LogP contribution in [0.1, 0.15) is 43.4 Å². The number of benzene rings is 1. The first-order chi connectivity index (χ1) is 10.4. The minimum atomic E-state index is -3.63. The van der Waals surface area contributed by atoms with E-state index in [2.05, 4.69) is 12.2 Å². The van der Waals surface area contributed by atoms with Gasteiger partial charge in [0.2, 0.25) is 10.0 Å². The van der Waals surface area contributed by atoms with Gasteiger partial charge < -0.3 is 10.1 Å². The Kier molecular flexibility index (Phi) is 4.29. The van der Waals surface area contributed by atoms with E-state index < -0.39 is 10.0 Å². The van der Waals surface area contributed by atoms with Crippen LogP contribution in [0, 0.1) is 5.41 Å². The van der Waals surface area contributed by atoms with Crippen molar-refractivity contribution in [3.63, 3.8) is 0 Å². The molecule has 122 valence electrons. The van der Waals surface area contributed by atoms with Gasteiger partial charge in [0.1, 0.15) is 0 Å². The smallest absolute Gasteiger partial charge is 0.238 e. The van der Waals surface area contributed by atoms with Gasteiger partial charge in [0, 0.05) is 24.6 Å². The van der Waals surface area contributed by atoms with Gasteiger partial charge in [0.15, 0.2) is 0 Å². The summed E-state index contributed by atoms with van der Waals surface area (Å²) in [5, 5.41) is 8.88.